The van der Waals surface area contributed by atoms with Crippen LogP contribution in [0, 0.1) is 0 Å². The summed E-state index contributed by atoms with van der Waals surface area (Å²) in [7, 11) is 4.21. The van der Waals surface area contributed by atoms with Gasteiger partial charge in [0.05, 0.1) is 4.34 Å². The summed E-state index contributed by atoms with van der Waals surface area (Å²) in [5, 5.41) is 3.49. The third-order valence-electron chi connectivity index (χ3n) is 2.26. The summed E-state index contributed by atoms with van der Waals surface area (Å²) < 4.78 is 0.868. The Kier molecular flexibility index (Phi) is 5.61. The third kappa shape index (κ3) is 5.52. The minimum Gasteiger partial charge on any atom is -0.309 e. The van der Waals surface area contributed by atoms with Gasteiger partial charge in [0.2, 0.25) is 0 Å². The Hall–Kier alpha value is -0.0900. The molecule has 0 aliphatic rings. The summed E-state index contributed by atoms with van der Waals surface area (Å²) in [6.07, 6.45) is 1.17. The molecule has 86 valence electrons. The van der Waals surface area contributed by atoms with E-state index in [2.05, 4.69) is 37.3 Å². The van der Waals surface area contributed by atoms with Crippen molar-refractivity contribution in [1.29, 1.82) is 0 Å². The largest absolute Gasteiger partial charge is 0.309 e. The average molecular weight is 247 g/mol. The van der Waals surface area contributed by atoms with Crippen LogP contribution >= 0.6 is 22.9 Å². The average Bonchev–Trinajstić information content (AvgIpc) is 2.58. The maximum atomic E-state index is 5.86. The van der Waals surface area contributed by atoms with Crippen LogP contribution in [0.1, 0.15) is 18.2 Å². The van der Waals surface area contributed by atoms with Crippen molar-refractivity contribution in [2.75, 3.05) is 20.6 Å². The lowest BCUT2D eigenvalue weighted by molar-refractivity contribution is 0.366. The summed E-state index contributed by atoms with van der Waals surface area (Å²) >= 11 is 7.51. The van der Waals surface area contributed by atoms with E-state index >= 15 is 0 Å². The van der Waals surface area contributed by atoms with Gasteiger partial charge in [0.1, 0.15) is 0 Å². The predicted octanol–water partition coefficient (Wildman–Crippen LogP) is 2.83. The Labute approximate surface area is 101 Å². The number of hydrogen-bond acceptors (Lipinski definition) is 3. The van der Waals surface area contributed by atoms with E-state index in [1.54, 1.807) is 11.3 Å². The second kappa shape index (κ2) is 6.48. The SMILES string of the molecule is CC(CCN(C)C)NCc1ccc(Cl)s1. The van der Waals surface area contributed by atoms with Gasteiger partial charge < -0.3 is 10.2 Å². The number of rotatable bonds is 6. The Morgan fingerprint density at radius 1 is 1.47 bits per heavy atom. The van der Waals surface area contributed by atoms with Crippen LogP contribution in [0.4, 0.5) is 0 Å². The summed E-state index contributed by atoms with van der Waals surface area (Å²) in [5.41, 5.74) is 0. The molecule has 0 aromatic carbocycles. The highest BCUT2D eigenvalue weighted by Crippen LogP contribution is 2.21. The summed E-state index contributed by atoms with van der Waals surface area (Å²) in [6, 6.07) is 4.58. The van der Waals surface area contributed by atoms with Gasteiger partial charge in [-0.2, -0.15) is 0 Å². The molecule has 0 spiro atoms. The van der Waals surface area contributed by atoms with Crippen molar-refractivity contribution in [3.8, 4) is 0 Å². The van der Waals surface area contributed by atoms with Crippen LogP contribution in [0.25, 0.3) is 0 Å². The quantitative estimate of drug-likeness (QED) is 0.831. The van der Waals surface area contributed by atoms with E-state index in [9.17, 15) is 0 Å². The highest BCUT2D eigenvalue weighted by molar-refractivity contribution is 7.16. The van der Waals surface area contributed by atoms with Crippen LogP contribution in [0.5, 0.6) is 0 Å². The molecule has 4 heteroatoms. The lowest BCUT2D eigenvalue weighted by Gasteiger charge is -2.16. The number of halogens is 1. The highest BCUT2D eigenvalue weighted by atomic mass is 35.5. The Morgan fingerprint density at radius 3 is 2.73 bits per heavy atom. The van der Waals surface area contributed by atoms with Crippen molar-refractivity contribution in [1.82, 2.24) is 10.2 Å². The van der Waals surface area contributed by atoms with Crippen molar-refractivity contribution < 1.29 is 0 Å². The van der Waals surface area contributed by atoms with Crippen molar-refractivity contribution in [3.05, 3.63) is 21.3 Å². The molecule has 1 N–H and O–H groups in total. The Balaban J connectivity index is 2.19. The fraction of sp³-hybridized carbons (Fsp3) is 0.636. The fourth-order valence-corrected chi connectivity index (χ4v) is 2.31. The monoisotopic (exact) mass is 246 g/mol. The van der Waals surface area contributed by atoms with Crippen LogP contribution in [0.3, 0.4) is 0 Å². The second-order valence-corrected chi connectivity index (χ2v) is 5.88. The first-order valence-electron chi connectivity index (χ1n) is 5.20. The summed E-state index contributed by atoms with van der Waals surface area (Å²) in [5.74, 6) is 0. The minimum atomic E-state index is 0.549. The highest BCUT2D eigenvalue weighted by Gasteiger charge is 2.03. The van der Waals surface area contributed by atoms with Crippen molar-refractivity contribution >= 4 is 22.9 Å². The van der Waals surface area contributed by atoms with Gasteiger partial charge in [0, 0.05) is 17.5 Å². The fourth-order valence-electron chi connectivity index (χ4n) is 1.28. The molecule has 0 aliphatic heterocycles. The van der Waals surface area contributed by atoms with Gasteiger partial charge in [-0.3, -0.25) is 0 Å². The van der Waals surface area contributed by atoms with Crippen LogP contribution in [0.2, 0.25) is 4.34 Å². The van der Waals surface area contributed by atoms with E-state index in [1.807, 2.05) is 6.07 Å². The normalized spacial score (nSPS) is 13.4. The van der Waals surface area contributed by atoms with Crippen LogP contribution in [-0.2, 0) is 6.54 Å². The molecule has 1 aromatic rings. The lowest BCUT2D eigenvalue weighted by atomic mass is 10.2. The molecule has 0 amide bonds. The van der Waals surface area contributed by atoms with Crippen molar-refractivity contribution in [3.63, 3.8) is 0 Å². The van der Waals surface area contributed by atoms with Gasteiger partial charge in [0.15, 0.2) is 0 Å². The van der Waals surface area contributed by atoms with Gasteiger partial charge in [0.25, 0.3) is 0 Å². The summed E-state index contributed by atoms with van der Waals surface area (Å²) in [6.45, 7) is 4.27. The Morgan fingerprint density at radius 2 is 2.20 bits per heavy atom. The van der Waals surface area contributed by atoms with E-state index < -0.39 is 0 Å². The molecule has 0 aliphatic carbocycles. The molecule has 1 aromatic heterocycles. The predicted molar refractivity (Wildman–Crippen MR) is 68.8 cm³/mol. The topological polar surface area (TPSA) is 15.3 Å². The molecule has 0 saturated carbocycles. The van der Waals surface area contributed by atoms with Crippen molar-refractivity contribution in [2.45, 2.75) is 25.9 Å². The first-order chi connectivity index (χ1) is 7.08. The maximum absolute atomic E-state index is 5.86. The molecule has 1 unspecified atom stereocenters. The molecule has 0 radical (unpaired) electrons. The number of thiophene rings is 1. The van der Waals surface area contributed by atoms with Crippen LogP contribution in [0.15, 0.2) is 12.1 Å². The van der Waals surface area contributed by atoms with Crippen LogP contribution < -0.4 is 5.32 Å². The number of hydrogen-bond donors (Lipinski definition) is 1. The molecule has 0 fully saturated rings. The zero-order valence-corrected chi connectivity index (χ0v) is 11.2. The zero-order chi connectivity index (χ0) is 11.3. The Bertz CT molecular complexity index is 286. The first kappa shape index (κ1) is 13.0. The number of nitrogens with zero attached hydrogens (tertiary/aromatic N) is 1. The smallest absolute Gasteiger partial charge is 0.0931 e. The van der Waals surface area contributed by atoms with Gasteiger partial charge >= 0.3 is 0 Å². The molecular formula is C11H19ClN2S. The van der Waals surface area contributed by atoms with E-state index in [0.29, 0.717) is 6.04 Å². The zero-order valence-electron chi connectivity index (χ0n) is 9.59. The third-order valence-corrected chi connectivity index (χ3v) is 3.49. The van der Waals surface area contributed by atoms with E-state index in [-0.39, 0.29) is 0 Å². The standard InChI is InChI=1S/C11H19ClN2S/c1-9(6-7-14(2)3)13-8-10-4-5-11(12)15-10/h4-5,9,13H,6-8H2,1-3H3. The maximum Gasteiger partial charge on any atom is 0.0931 e. The molecule has 0 saturated heterocycles. The lowest BCUT2D eigenvalue weighted by Crippen LogP contribution is -2.29. The molecule has 1 rings (SSSR count). The minimum absolute atomic E-state index is 0.549. The molecule has 2 nitrogen and oxygen atoms in total. The van der Waals surface area contributed by atoms with Crippen molar-refractivity contribution in [2.24, 2.45) is 0 Å². The van der Waals surface area contributed by atoms with Gasteiger partial charge in [-0.05, 0) is 46.1 Å². The molecule has 15 heavy (non-hydrogen) atoms. The second-order valence-electron chi connectivity index (χ2n) is 4.08. The first-order valence-corrected chi connectivity index (χ1v) is 6.39. The summed E-state index contributed by atoms with van der Waals surface area (Å²) in [4.78, 5) is 3.51. The van der Waals surface area contributed by atoms with Gasteiger partial charge in [-0.15, -0.1) is 11.3 Å². The number of nitrogens with one attached hydrogen (secondary N) is 1. The van der Waals surface area contributed by atoms with E-state index in [1.165, 1.54) is 11.3 Å². The van der Waals surface area contributed by atoms with Gasteiger partial charge in [-0.25, -0.2) is 0 Å². The molecular weight excluding hydrogens is 228 g/mol. The molecule has 0 bridgehead atoms. The van der Waals surface area contributed by atoms with Gasteiger partial charge in [-0.1, -0.05) is 11.6 Å². The van der Waals surface area contributed by atoms with E-state index in [0.717, 1.165) is 17.4 Å². The van der Waals surface area contributed by atoms with Crippen LogP contribution in [-0.4, -0.2) is 31.6 Å². The molecule has 1 atom stereocenters. The molecule has 1 heterocycles. The van der Waals surface area contributed by atoms with E-state index in [4.69, 9.17) is 11.6 Å².